The zero-order valence-corrected chi connectivity index (χ0v) is 47.9. The van der Waals surface area contributed by atoms with Crippen molar-refractivity contribution in [3.05, 3.63) is 146 Å². The Labute approximate surface area is 458 Å². The molecule has 0 aliphatic carbocycles. The minimum absolute atomic E-state index is 0.169. The molecule has 0 aromatic rings. The van der Waals surface area contributed by atoms with E-state index in [1.807, 2.05) is 21.1 Å². The molecule has 0 aliphatic rings. The summed E-state index contributed by atoms with van der Waals surface area (Å²) in [4.78, 5) is 37.4. The summed E-state index contributed by atoms with van der Waals surface area (Å²) in [6.45, 7) is 4.65. The number of unbranched alkanes of at least 4 members (excludes halogenated alkanes) is 12. The first-order valence-corrected chi connectivity index (χ1v) is 29.0. The molecule has 0 aromatic heterocycles. The number of quaternary nitrogens is 1. The van der Waals surface area contributed by atoms with Gasteiger partial charge in [-0.15, -0.1) is 0 Å². The average Bonchev–Trinajstić information content (AvgIpc) is 3.38. The second kappa shape index (κ2) is 55.4. The first-order valence-electron chi connectivity index (χ1n) is 29.0. The Morgan fingerprint density at radius 3 is 1.16 bits per heavy atom. The summed E-state index contributed by atoms with van der Waals surface area (Å²) in [6, 6.07) is 0. The van der Waals surface area contributed by atoms with Gasteiger partial charge in [-0.05, 0) is 122 Å². The molecule has 9 heteroatoms. The van der Waals surface area contributed by atoms with Gasteiger partial charge in [0, 0.05) is 12.8 Å². The van der Waals surface area contributed by atoms with Crippen molar-refractivity contribution >= 4 is 17.9 Å². The van der Waals surface area contributed by atoms with Crippen molar-refractivity contribution in [1.29, 1.82) is 0 Å². The van der Waals surface area contributed by atoms with E-state index in [1.165, 1.54) is 44.9 Å². The number of carboxylic acid groups (broad SMARTS) is 1. The Hall–Kier alpha value is -4.83. The summed E-state index contributed by atoms with van der Waals surface area (Å²) in [5.74, 6) is -2.10. The first-order chi connectivity index (χ1) is 36.6. The number of carbonyl (C=O) groups is 3. The number of nitrogens with zero attached hydrogens (tertiary/aromatic N) is 1. The fourth-order valence-corrected chi connectivity index (χ4v) is 7.13. The van der Waals surface area contributed by atoms with Crippen LogP contribution >= 0.6 is 0 Å². The SMILES string of the molecule is CC/C=C\C/C=C\C/C=C\C/C=C\C/C=C\C/C=C\C/C=C\C/C=C\C/C=C\C/C=C\CCCCC(=O)OC(COC(=O)CCCCCCCCC/C=C\C/C=C\CCCCC)COC(OCC[N+](C)(C)C)C(=O)O. The molecule has 1 N–H and O–H groups in total. The largest absolute Gasteiger partial charge is 0.477 e. The Morgan fingerprint density at radius 2 is 0.760 bits per heavy atom. The number of ether oxygens (including phenoxy) is 4. The molecule has 0 bridgehead atoms. The minimum atomic E-state index is -1.53. The highest BCUT2D eigenvalue weighted by atomic mass is 16.7. The smallest absolute Gasteiger partial charge is 0.361 e. The standard InChI is InChI=1S/C66H105NO8/c1-6-8-10-12-14-16-18-20-22-24-25-26-27-28-29-30-31-32-33-34-35-36-37-38-39-41-43-45-47-49-51-53-55-57-64(69)75-62(61-74-66(65(70)71)72-59-58-67(3,4)5)60-73-63(68)56-54-52-50-48-46-44-42-40-23-21-19-17-15-13-11-9-7-2/h8,10,14-17,20-23,25-26,28-29,31-32,34-35,37-38,41,43,47,49,62,66H,6-7,9,11-13,18-19,24,27,30,33,36,39-40,42,44-46,48,50-61H2,1-5H3/p+1/b10-8-,16-14-,17-15-,22-20-,23-21-,26-25-,29-28-,32-31-,35-34-,38-37-,43-41-,49-47-. The first kappa shape index (κ1) is 70.2. The van der Waals surface area contributed by atoms with E-state index >= 15 is 0 Å². The molecule has 0 rings (SSSR count). The van der Waals surface area contributed by atoms with Crippen LogP contribution < -0.4 is 0 Å². The number of esters is 2. The average molecular weight is 1040 g/mol. The second-order valence-electron chi connectivity index (χ2n) is 19.9. The number of rotatable bonds is 51. The number of aliphatic carboxylic acids is 1. The lowest BCUT2D eigenvalue weighted by Crippen LogP contribution is -2.40. The van der Waals surface area contributed by atoms with Crippen molar-refractivity contribution in [2.24, 2.45) is 0 Å². The number of allylic oxidation sites excluding steroid dienone is 24. The molecule has 2 unspecified atom stereocenters. The van der Waals surface area contributed by atoms with Crippen LogP contribution in [0.5, 0.6) is 0 Å². The Bertz CT molecular complexity index is 1730. The van der Waals surface area contributed by atoms with Gasteiger partial charge in [-0.3, -0.25) is 9.59 Å². The van der Waals surface area contributed by atoms with Crippen molar-refractivity contribution in [2.75, 3.05) is 47.5 Å². The highest BCUT2D eigenvalue weighted by Gasteiger charge is 2.25. The maximum atomic E-state index is 12.9. The molecular weight excluding hydrogens is 935 g/mol. The number of carbonyl (C=O) groups excluding carboxylic acids is 2. The fourth-order valence-electron chi connectivity index (χ4n) is 7.13. The Kier molecular flexibility index (Phi) is 51.8. The molecule has 0 aromatic carbocycles. The molecule has 0 fully saturated rings. The van der Waals surface area contributed by atoms with Gasteiger partial charge in [-0.1, -0.05) is 205 Å². The van der Waals surface area contributed by atoms with E-state index in [0.29, 0.717) is 17.4 Å². The van der Waals surface area contributed by atoms with Crippen molar-refractivity contribution in [3.8, 4) is 0 Å². The third-order valence-corrected chi connectivity index (χ3v) is 11.6. The van der Waals surface area contributed by atoms with Gasteiger partial charge in [0.2, 0.25) is 0 Å². The maximum Gasteiger partial charge on any atom is 0.361 e. The molecule has 75 heavy (non-hydrogen) atoms. The van der Waals surface area contributed by atoms with Gasteiger partial charge in [0.15, 0.2) is 6.10 Å². The summed E-state index contributed by atoms with van der Waals surface area (Å²) in [5.41, 5.74) is 0. The summed E-state index contributed by atoms with van der Waals surface area (Å²) < 4.78 is 22.8. The van der Waals surface area contributed by atoms with Crippen LogP contribution in [-0.4, -0.2) is 87.4 Å². The highest BCUT2D eigenvalue weighted by Crippen LogP contribution is 2.13. The van der Waals surface area contributed by atoms with Gasteiger partial charge in [-0.2, -0.15) is 0 Å². The van der Waals surface area contributed by atoms with Gasteiger partial charge >= 0.3 is 17.9 Å². The van der Waals surface area contributed by atoms with Crippen molar-refractivity contribution in [3.63, 3.8) is 0 Å². The monoisotopic (exact) mass is 1040 g/mol. The lowest BCUT2D eigenvalue weighted by atomic mass is 10.1. The van der Waals surface area contributed by atoms with E-state index in [1.54, 1.807) is 0 Å². The van der Waals surface area contributed by atoms with Crippen molar-refractivity contribution in [2.45, 2.75) is 206 Å². The summed E-state index contributed by atoms with van der Waals surface area (Å²) in [6.07, 6.45) is 77.8. The van der Waals surface area contributed by atoms with Crippen LogP contribution in [0.4, 0.5) is 0 Å². The van der Waals surface area contributed by atoms with Crippen molar-refractivity contribution in [1.82, 2.24) is 0 Å². The van der Waals surface area contributed by atoms with Gasteiger partial charge in [0.1, 0.15) is 13.2 Å². The lowest BCUT2D eigenvalue weighted by Gasteiger charge is -2.25. The van der Waals surface area contributed by atoms with Crippen LogP contribution in [-0.2, 0) is 33.3 Å². The highest BCUT2D eigenvalue weighted by molar-refractivity contribution is 5.71. The number of hydrogen-bond donors (Lipinski definition) is 1. The molecular formula is C66H106NO8+. The van der Waals surface area contributed by atoms with Crippen LogP contribution in [0.3, 0.4) is 0 Å². The quantitative estimate of drug-likeness (QED) is 0.0211. The molecule has 0 saturated heterocycles. The van der Waals surface area contributed by atoms with Crippen LogP contribution in [0.15, 0.2) is 146 Å². The zero-order valence-electron chi connectivity index (χ0n) is 47.9. The topological polar surface area (TPSA) is 108 Å². The minimum Gasteiger partial charge on any atom is -0.477 e. The van der Waals surface area contributed by atoms with E-state index in [0.717, 1.165) is 116 Å². The molecule has 0 spiro atoms. The maximum absolute atomic E-state index is 12.9. The van der Waals surface area contributed by atoms with Gasteiger partial charge in [0.25, 0.3) is 6.29 Å². The molecule has 422 valence electrons. The summed E-state index contributed by atoms with van der Waals surface area (Å²) in [7, 11) is 5.93. The predicted molar refractivity (Wildman–Crippen MR) is 317 cm³/mol. The van der Waals surface area contributed by atoms with E-state index in [4.69, 9.17) is 18.9 Å². The third-order valence-electron chi connectivity index (χ3n) is 11.6. The van der Waals surface area contributed by atoms with Crippen LogP contribution in [0.2, 0.25) is 0 Å². The number of hydrogen-bond acceptors (Lipinski definition) is 7. The van der Waals surface area contributed by atoms with Gasteiger partial charge < -0.3 is 28.5 Å². The third kappa shape index (κ3) is 56.7. The number of carboxylic acids is 1. The predicted octanol–water partition coefficient (Wildman–Crippen LogP) is 17.2. The molecule has 9 nitrogen and oxygen atoms in total. The van der Waals surface area contributed by atoms with E-state index in [2.05, 4.69) is 160 Å². The second-order valence-corrected chi connectivity index (χ2v) is 19.9. The Morgan fingerprint density at radius 1 is 0.413 bits per heavy atom. The van der Waals surface area contributed by atoms with Crippen LogP contribution in [0.25, 0.3) is 0 Å². The van der Waals surface area contributed by atoms with Gasteiger partial charge in [0.05, 0.1) is 34.4 Å². The van der Waals surface area contributed by atoms with Crippen LogP contribution in [0.1, 0.15) is 194 Å². The van der Waals surface area contributed by atoms with E-state index in [9.17, 15) is 19.5 Å². The van der Waals surface area contributed by atoms with Gasteiger partial charge in [-0.25, -0.2) is 4.79 Å². The summed E-state index contributed by atoms with van der Waals surface area (Å²) >= 11 is 0. The van der Waals surface area contributed by atoms with E-state index < -0.39 is 24.3 Å². The normalized spacial score (nSPS) is 13.9. The van der Waals surface area contributed by atoms with Crippen LogP contribution in [0, 0.1) is 0 Å². The molecule has 2 atom stereocenters. The number of likely N-dealkylation sites (N-methyl/N-ethyl adjacent to an activating group) is 1. The lowest BCUT2D eigenvalue weighted by molar-refractivity contribution is -0.870. The summed E-state index contributed by atoms with van der Waals surface area (Å²) in [5, 5.41) is 9.69. The zero-order chi connectivity index (χ0) is 54.8. The molecule has 0 amide bonds. The molecule has 0 aliphatic heterocycles. The molecule has 0 heterocycles. The van der Waals surface area contributed by atoms with E-state index in [-0.39, 0.29) is 38.6 Å². The van der Waals surface area contributed by atoms with Crippen molar-refractivity contribution < 1.29 is 42.9 Å². The molecule has 0 radical (unpaired) electrons. The fraction of sp³-hybridized carbons (Fsp3) is 0.591. The molecule has 0 saturated carbocycles. The Balaban J connectivity index is 4.39.